The number of nitrogens with one attached hydrogen (secondary N) is 2. The minimum Gasteiger partial charge on any atom is -0.870 e. The van der Waals surface area contributed by atoms with Gasteiger partial charge >= 0.3 is 99.1 Å². The van der Waals surface area contributed by atoms with Crippen LogP contribution in [0.25, 0.3) is 16.7 Å². The van der Waals surface area contributed by atoms with Gasteiger partial charge in [0.1, 0.15) is 31.3 Å². The molecule has 3 N–H and O–H groups in total. The summed E-state index contributed by atoms with van der Waals surface area (Å²) >= 11 is 6.00. The Morgan fingerprint density at radius 3 is 1.87 bits per heavy atom. The van der Waals surface area contributed by atoms with Gasteiger partial charge in [-0.2, -0.15) is 28.2 Å². The van der Waals surface area contributed by atoms with Crippen LogP contribution in [0.2, 0.25) is 5.28 Å². The summed E-state index contributed by atoms with van der Waals surface area (Å²) in [6.45, 7) is -0.832. The first-order chi connectivity index (χ1) is 22.7. The second-order valence-electron chi connectivity index (χ2n) is 9.46. The van der Waals surface area contributed by atoms with Gasteiger partial charge in [0.15, 0.2) is 9.84 Å². The number of nitrogens with zero attached hydrogens (tertiary/aromatic N) is 6. The van der Waals surface area contributed by atoms with Crippen LogP contribution >= 0.6 is 11.6 Å². The molecule has 5 rings (SSSR count). The monoisotopic (exact) mass is 844 g/mol. The van der Waals surface area contributed by atoms with Crippen LogP contribution in [0.5, 0.6) is 5.75 Å². The third-order valence-electron chi connectivity index (χ3n) is 6.10. The molecule has 52 heavy (non-hydrogen) atoms. The van der Waals surface area contributed by atoms with Crippen molar-refractivity contribution in [2.75, 3.05) is 23.0 Å². The Bertz CT molecular complexity index is 2570. The van der Waals surface area contributed by atoms with E-state index in [1.165, 1.54) is 12.1 Å². The second-order valence-corrected chi connectivity index (χ2v) is 15.8. The van der Waals surface area contributed by atoms with Crippen molar-refractivity contribution >= 4 is 86.4 Å². The van der Waals surface area contributed by atoms with Gasteiger partial charge in [-0.3, -0.25) is 4.55 Å². The van der Waals surface area contributed by atoms with Crippen molar-refractivity contribution < 1.29 is 145 Å². The topological polar surface area (TPSA) is 329 Å². The van der Waals surface area contributed by atoms with Crippen molar-refractivity contribution in [2.24, 2.45) is 0 Å². The van der Waals surface area contributed by atoms with Crippen molar-refractivity contribution in [3.05, 3.63) is 59.9 Å². The number of hydrogen-bond donors (Lipinski definition) is 3. The van der Waals surface area contributed by atoms with Gasteiger partial charge in [0.05, 0.1) is 32.7 Å². The van der Waals surface area contributed by atoms with E-state index < -0.39 is 91.0 Å². The van der Waals surface area contributed by atoms with E-state index >= 15 is 0 Å². The van der Waals surface area contributed by atoms with Crippen LogP contribution in [0.3, 0.4) is 0 Å². The van der Waals surface area contributed by atoms with Gasteiger partial charge in [-0.25, -0.2) is 29.4 Å². The van der Waals surface area contributed by atoms with E-state index in [9.17, 15) is 47.9 Å². The molecule has 5 aromatic rings. The van der Waals surface area contributed by atoms with Gasteiger partial charge in [0, 0.05) is 11.4 Å². The molecule has 2 heterocycles. The normalized spacial score (nSPS) is 11.9. The molecular formula is C23H16ClN8Na3O13S4. The molecule has 3 aromatic carbocycles. The second kappa shape index (κ2) is 17.9. The minimum atomic E-state index is -5.20. The van der Waals surface area contributed by atoms with Crippen LogP contribution in [0.1, 0.15) is 0 Å². The Labute approximate surface area is 366 Å². The fourth-order valence-electron chi connectivity index (χ4n) is 3.96. The molecule has 0 fully saturated rings. The van der Waals surface area contributed by atoms with Crippen LogP contribution in [0.4, 0.5) is 23.3 Å². The van der Waals surface area contributed by atoms with E-state index in [0.29, 0.717) is 16.9 Å². The zero-order valence-corrected chi connectivity index (χ0v) is 36.7. The summed E-state index contributed by atoms with van der Waals surface area (Å²) in [4.78, 5) is 10.6. The predicted octanol–water partition coefficient (Wildman–Crippen LogP) is -8.77. The number of anilines is 4. The van der Waals surface area contributed by atoms with Gasteiger partial charge in [-0.05, 0) is 66.2 Å². The summed E-state index contributed by atoms with van der Waals surface area (Å²) in [5.41, 5.74) is -1.10. The van der Waals surface area contributed by atoms with Crippen molar-refractivity contribution in [2.45, 2.75) is 14.7 Å². The zero-order chi connectivity index (χ0) is 35.9. The predicted molar refractivity (Wildman–Crippen MR) is 162 cm³/mol. The first-order valence-electron chi connectivity index (χ1n) is 12.7. The minimum absolute atomic E-state index is 0. The first-order valence-corrected chi connectivity index (χ1v) is 18.9. The van der Waals surface area contributed by atoms with Gasteiger partial charge in [0.2, 0.25) is 17.2 Å². The summed E-state index contributed by atoms with van der Waals surface area (Å²) in [5, 5.41) is 26.0. The van der Waals surface area contributed by atoms with E-state index in [0.717, 1.165) is 30.3 Å². The van der Waals surface area contributed by atoms with E-state index in [1.54, 1.807) is 0 Å². The number of halogens is 1. The van der Waals surface area contributed by atoms with Crippen LogP contribution in [0, 0.1) is 0 Å². The number of rotatable bonds is 12. The molecule has 0 unspecified atom stereocenters. The number of sulfone groups is 1. The van der Waals surface area contributed by atoms with Gasteiger partial charge in [0.25, 0.3) is 0 Å². The average Bonchev–Trinajstić information content (AvgIpc) is 3.40. The van der Waals surface area contributed by atoms with Crippen LogP contribution in [-0.4, -0.2) is 89.6 Å². The van der Waals surface area contributed by atoms with Crippen LogP contribution in [-0.2, 0) is 44.7 Å². The average molecular weight is 845 g/mol. The van der Waals surface area contributed by atoms with Gasteiger partial charge < -0.3 is 24.8 Å². The number of aromatic nitrogens is 6. The molecule has 2 aromatic heterocycles. The maximum atomic E-state index is 13.4. The Morgan fingerprint density at radius 1 is 0.731 bits per heavy atom. The Balaban J connectivity index is 0.00000312. The van der Waals surface area contributed by atoms with E-state index in [2.05, 4.69) is 40.0 Å². The maximum Gasteiger partial charge on any atom is 1.00 e. The maximum absolute atomic E-state index is 13.4. The van der Waals surface area contributed by atoms with Crippen LogP contribution in [0.15, 0.2) is 69.3 Å². The number of benzene rings is 3. The molecule has 21 nitrogen and oxygen atoms in total. The van der Waals surface area contributed by atoms with Crippen molar-refractivity contribution in [3.63, 3.8) is 0 Å². The zero-order valence-electron chi connectivity index (χ0n) is 26.7. The molecule has 0 aliphatic carbocycles. The summed E-state index contributed by atoms with van der Waals surface area (Å²) in [5.74, 6) is -2.46. The summed E-state index contributed by atoms with van der Waals surface area (Å²) in [6, 6.07) is 9.19. The first kappa shape index (κ1) is 46.6. The van der Waals surface area contributed by atoms with E-state index in [4.69, 9.17) is 16.2 Å². The van der Waals surface area contributed by atoms with Crippen molar-refractivity contribution in [3.8, 4) is 11.4 Å². The van der Waals surface area contributed by atoms with Gasteiger partial charge in [-0.1, -0.05) is 5.75 Å². The third-order valence-corrected chi connectivity index (χ3v) is 10.1. The van der Waals surface area contributed by atoms with Crippen LogP contribution < -0.4 is 104 Å². The van der Waals surface area contributed by atoms with Gasteiger partial charge in [-0.15, -0.1) is 10.2 Å². The fraction of sp³-hybridized carbons (Fsp3) is 0.0870. The fourth-order valence-corrected chi connectivity index (χ4v) is 6.61. The smallest absolute Gasteiger partial charge is 0.870 e. The molecule has 0 radical (unpaired) electrons. The summed E-state index contributed by atoms with van der Waals surface area (Å²) in [7, 11) is -18.9. The van der Waals surface area contributed by atoms with Crippen molar-refractivity contribution in [1.82, 2.24) is 29.9 Å². The molecular weight excluding hydrogens is 829 g/mol. The molecule has 0 aliphatic heterocycles. The molecule has 0 saturated carbocycles. The van der Waals surface area contributed by atoms with Crippen molar-refractivity contribution in [1.29, 1.82) is 0 Å². The molecule has 260 valence electrons. The molecule has 0 saturated heterocycles. The molecule has 0 atom stereocenters. The largest absolute Gasteiger partial charge is 1.00 e. The molecule has 0 aliphatic rings. The Kier molecular flexibility index (Phi) is 16.0. The van der Waals surface area contributed by atoms with E-state index in [-0.39, 0.29) is 116 Å². The standard InChI is InChI=1S/C23H19ClN8O13S4.3Na/c24-21-27-22(25-12-1-3-13(4-2-12)46(34,35)8-7-45-49(42,43)44)29-23(28-21)26-18-10-15(48(39,40)41)11-19(20(18)33)32-30-16-6-5-14(47(36,37)38)9-17(16)31-32;;;/h1-6,9-11,33H,7-8H2,(H,36,37,38)(H,39,40,41)(H,42,43,44)(H2,25,26,27,28,29);;;/q;3*+1/p-3. The molecule has 0 amide bonds. The number of hydrogen-bond acceptors (Lipinski definition) is 19. The third kappa shape index (κ3) is 11.9. The molecule has 29 heteroatoms. The quantitative estimate of drug-likeness (QED) is 0.0775. The Morgan fingerprint density at radius 2 is 1.29 bits per heavy atom. The summed E-state index contributed by atoms with van der Waals surface area (Å²) in [6.07, 6.45) is 0. The SMILES string of the molecule is O=S(=O)(O)OCCS(=O)(=O)c1ccc(Nc2nc(Cl)nc(Nc3cc(S(=O)(=O)[O-])cc(-n4nc5ccc(S(=O)(=O)[O-])cc5n4)c3[O-])n2)cc1.[Na+].[Na+].[Na+]. The summed E-state index contributed by atoms with van der Waals surface area (Å²) < 4.78 is 129. The Hall–Kier alpha value is -1.60. The number of fused-ring (bicyclic) bond motifs is 1. The van der Waals surface area contributed by atoms with E-state index in [1.807, 2.05) is 0 Å². The molecule has 0 spiro atoms. The molecule has 0 bridgehead atoms.